The number of hydrogen-bond acceptors (Lipinski definition) is 5. The van der Waals surface area contributed by atoms with E-state index in [1.54, 1.807) is 30.3 Å². The van der Waals surface area contributed by atoms with Crippen LogP contribution in [-0.4, -0.2) is 21.7 Å². The first-order valence-corrected chi connectivity index (χ1v) is 12.3. The average molecular weight is 589 g/mol. The number of methoxy groups -OCH3 is 1. The van der Waals surface area contributed by atoms with Gasteiger partial charge in [0.15, 0.2) is 11.5 Å². The second-order valence-corrected chi connectivity index (χ2v) is 10.1. The monoisotopic (exact) mass is 586 g/mol. The first-order valence-electron chi connectivity index (χ1n) is 8.84. The molecule has 0 aromatic heterocycles. The third-order valence-electron chi connectivity index (χ3n) is 4.09. The lowest BCUT2D eigenvalue weighted by Crippen LogP contribution is -2.18. The maximum absolute atomic E-state index is 12.3. The molecular formula is C21H17Br2ClN2O4S. The summed E-state index contributed by atoms with van der Waals surface area (Å²) < 4.78 is 37.4. The van der Waals surface area contributed by atoms with E-state index in [9.17, 15) is 8.42 Å². The van der Waals surface area contributed by atoms with Gasteiger partial charge in [-0.1, -0.05) is 45.7 Å². The molecule has 0 saturated carbocycles. The molecule has 0 unspecified atom stereocenters. The molecule has 0 radical (unpaired) electrons. The summed E-state index contributed by atoms with van der Waals surface area (Å²) in [5.41, 5.74) is 1.44. The van der Waals surface area contributed by atoms with E-state index in [1.165, 1.54) is 25.5 Å². The fraction of sp³-hybridized carbons (Fsp3) is 0.0952. The van der Waals surface area contributed by atoms with Crippen molar-refractivity contribution in [3.05, 3.63) is 85.8 Å². The Hall–Kier alpha value is -2.07. The highest BCUT2D eigenvalue weighted by Crippen LogP contribution is 2.37. The molecule has 31 heavy (non-hydrogen) atoms. The van der Waals surface area contributed by atoms with E-state index in [1.807, 2.05) is 18.2 Å². The summed E-state index contributed by atoms with van der Waals surface area (Å²) in [4.78, 5) is 2.30. The van der Waals surface area contributed by atoms with E-state index in [-0.39, 0.29) is 11.5 Å². The minimum absolute atomic E-state index is 0.106. The van der Waals surface area contributed by atoms with Crippen molar-refractivity contribution in [1.29, 1.82) is 0 Å². The Kier molecular flexibility index (Phi) is 7.99. The second kappa shape index (κ2) is 10.5. The average Bonchev–Trinajstić information content (AvgIpc) is 2.74. The van der Waals surface area contributed by atoms with Gasteiger partial charge in [-0.2, -0.15) is 13.5 Å². The molecule has 0 atom stereocenters. The van der Waals surface area contributed by atoms with Gasteiger partial charge in [-0.15, -0.1) is 0 Å². The highest BCUT2D eigenvalue weighted by Gasteiger charge is 2.14. The number of ether oxygens (including phenoxy) is 2. The van der Waals surface area contributed by atoms with Crippen molar-refractivity contribution in [3.63, 3.8) is 0 Å². The van der Waals surface area contributed by atoms with Crippen LogP contribution in [0.2, 0.25) is 5.02 Å². The molecule has 0 fully saturated rings. The van der Waals surface area contributed by atoms with Crippen LogP contribution in [0.3, 0.4) is 0 Å². The Bertz CT molecular complexity index is 1200. The number of hydrogen-bond donors (Lipinski definition) is 1. The summed E-state index contributed by atoms with van der Waals surface area (Å²) in [6, 6.07) is 17.1. The molecule has 0 aliphatic carbocycles. The molecule has 3 aromatic rings. The van der Waals surface area contributed by atoms with E-state index in [2.05, 4.69) is 41.8 Å². The van der Waals surface area contributed by atoms with E-state index < -0.39 is 10.0 Å². The van der Waals surface area contributed by atoms with Crippen molar-refractivity contribution >= 4 is 59.7 Å². The van der Waals surface area contributed by atoms with Crippen LogP contribution in [0, 0.1) is 0 Å². The largest absolute Gasteiger partial charge is 0.493 e. The van der Waals surface area contributed by atoms with Gasteiger partial charge in [-0.25, -0.2) is 4.83 Å². The number of nitrogens with zero attached hydrogens (tertiary/aromatic N) is 1. The molecule has 0 aliphatic rings. The van der Waals surface area contributed by atoms with Crippen LogP contribution in [-0.2, 0) is 16.6 Å². The first-order chi connectivity index (χ1) is 14.8. The Balaban J connectivity index is 1.74. The maximum Gasteiger partial charge on any atom is 0.276 e. The van der Waals surface area contributed by atoms with Crippen LogP contribution in [0.4, 0.5) is 0 Å². The van der Waals surface area contributed by atoms with Crippen LogP contribution < -0.4 is 14.3 Å². The van der Waals surface area contributed by atoms with Crippen molar-refractivity contribution in [2.45, 2.75) is 11.5 Å². The zero-order valence-corrected chi connectivity index (χ0v) is 20.9. The number of halogens is 3. The zero-order valence-electron chi connectivity index (χ0n) is 16.2. The van der Waals surface area contributed by atoms with E-state index in [0.29, 0.717) is 26.6 Å². The predicted molar refractivity (Wildman–Crippen MR) is 129 cm³/mol. The molecule has 10 heteroatoms. The van der Waals surface area contributed by atoms with Crippen molar-refractivity contribution in [3.8, 4) is 11.5 Å². The van der Waals surface area contributed by atoms with Gasteiger partial charge in [-0.05, 0) is 64.0 Å². The topological polar surface area (TPSA) is 77.0 Å². The Morgan fingerprint density at radius 3 is 2.48 bits per heavy atom. The Morgan fingerprint density at radius 2 is 1.81 bits per heavy atom. The molecule has 3 aromatic carbocycles. The lowest BCUT2D eigenvalue weighted by molar-refractivity contribution is 0.282. The van der Waals surface area contributed by atoms with Crippen molar-refractivity contribution < 1.29 is 17.9 Å². The van der Waals surface area contributed by atoms with Crippen LogP contribution in [0.15, 0.2) is 79.6 Å². The maximum atomic E-state index is 12.3. The number of rotatable bonds is 8. The van der Waals surface area contributed by atoms with Crippen molar-refractivity contribution in [2.24, 2.45) is 5.10 Å². The fourth-order valence-electron chi connectivity index (χ4n) is 2.56. The molecule has 6 nitrogen and oxygen atoms in total. The normalized spacial score (nSPS) is 11.5. The van der Waals surface area contributed by atoms with E-state index in [0.717, 1.165) is 10.0 Å². The molecule has 0 spiro atoms. The Labute approximate surface area is 202 Å². The van der Waals surface area contributed by atoms with Gasteiger partial charge in [0.25, 0.3) is 10.0 Å². The summed E-state index contributed by atoms with van der Waals surface area (Å²) in [6.07, 6.45) is 1.38. The molecule has 0 saturated heterocycles. The zero-order chi connectivity index (χ0) is 22.4. The first kappa shape index (κ1) is 23.6. The van der Waals surface area contributed by atoms with Gasteiger partial charge in [0.2, 0.25) is 0 Å². The lowest BCUT2D eigenvalue weighted by Gasteiger charge is -2.14. The molecule has 3 rings (SSSR count). The molecular weight excluding hydrogens is 572 g/mol. The van der Waals surface area contributed by atoms with Crippen molar-refractivity contribution in [2.75, 3.05) is 7.11 Å². The highest BCUT2D eigenvalue weighted by atomic mass is 79.9. The summed E-state index contributed by atoms with van der Waals surface area (Å²) in [6.45, 7) is 0.259. The van der Waals surface area contributed by atoms with Gasteiger partial charge >= 0.3 is 0 Å². The minimum Gasteiger partial charge on any atom is -0.493 e. The predicted octanol–water partition coefficient (Wildman–Crippen LogP) is 5.77. The molecule has 0 amide bonds. The fourth-order valence-corrected chi connectivity index (χ4v) is 4.38. The number of sulfonamides is 1. The van der Waals surface area contributed by atoms with Crippen LogP contribution in [0.5, 0.6) is 11.5 Å². The highest BCUT2D eigenvalue weighted by molar-refractivity contribution is 9.10. The van der Waals surface area contributed by atoms with E-state index in [4.69, 9.17) is 21.1 Å². The SMILES string of the molecule is COc1cc(/C=N\NS(=O)(=O)c2ccc(Br)cc2)cc(Br)c1OCc1ccccc1Cl. The molecule has 1 N–H and O–H groups in total. The number of hydrazone groups is 1. The minimum atomic E-state index is -3.77. The van der Waals surface area contributed by atoms with Crippen molar-refractivity contribution in [1.82, 2.24) is 4.83 Å². The second-order valence-electron chi connectivity index (χ2n) is 6.22. The number of benzene rings is 3. The van der Waals surface area contributed by atoms with Gasteiger partial charge < -0.3 is 9.47 Å². The third kappa shape index (κ3) is 6.22. The smallest absolute Gasteiger partial charge is 0.276 e. The lowest BCUT2D eigenvalue weighted by atomic mass is 10.2. The molecule has 0 bridgehead atoms. The van der Waals surface area contributed by atoms with E-state index >= 15 is 0 Å². The molecule has 0 aliphatic heterocycles. The molecule has 0 heterocycles. The van der Waals surface area contributed by atoms with Gasteiger partial charge in [0.05, 0.1) is 22.7 Å². The number of nitrogens with one attached hydrogen (secondary N) is 1. The summed E-state index contributed by atoms with van der Waals surface area (Å²) in [7, 11) is -2.26. The standard InChI is InChI=1S/C21H17Br2ClN2O4S/c1-29-20-11-14(12-25-26-31(27,28)17-8-6-16(22)7-9-17)10-18(23)21(20)30-13-15-4-2-3-5-19(15)24/h2-12,26H,13H2,1H3/b25-12-. The quantitative estimate of drug-likeness (QED) is 0.268. The summed E-state index contributed by atoms with van der Waals surface area (Å²) >= 11 is 12.9. The van der Waals surface area contributed by atoms with Crippen LogP contribution >= 0.6 is 43.5 Å². The van der Waals surface area contributed by atoms with Crippen LogP contribution in [0.1, 0.15) is 11.1 Å². The van der Waals surface area contributed by atoms with Gasteiger partial charge in [-0.3, -0.25) is 0 Å². The summed E-state index contributed by atoms with van der Waals surface area (Å²) in [5, 5.41) is 4.46. The van der Waals surface area contributed by atoms with Gasteiger partial charge in [0.1, 0.15) is 6.61 Å². The van der Waals surface area contributed by atoms with Gasteiger partial charge in [0, 0.05) is 15.1 Å². The third-order valence-corrected chi connectivity index (χ3v) is 6.82. The molecule has 162 valence electrons. The summed E-state index contributed by atoms with van der Waals surface area (Å²) in [5.74, 6) is 0.952. The Morgan fingerprint density at radius 1 is 1.10 bits per heavy atom. The van der Waals surface area contributed by atoms with Crippen LogP contribution in [0.25, 0.3) is 0 Å².